The van der Waals surface area contributed by atoms with E-state index in [0.29, 0.717) is 16.1 Å². The minimum absolute atomic E-state index is 0.127. The first kappa shape index (κ1) is 23.9. The van der Waals surface area contributed by atoms with Crippen LogP contribution in [0, 0.1) is 6.92 Å². The molecule has 1 atom stereocenters. The largest absolute Gasteiger partial charge is 0.481 e. The number of carboxylic acids is 1. The molecule has 0 bridgehead atoms. The number of fused-ring (bicyclic) bond motifs is 1. The third-order valence-electron chi connectivity index (χ3n) is 5.71. The second-order valence-corrected chi connectivity index (χ2v) is 9.40. The SMILES string of the molecule is Cc1c(-c2ccccc2)nc2ccc(Br)cc2c1C(=O)NCC(CC(=O)O)c1cccc(Cl)c1. The minimum Gasteiger partial charge on any atom is -0.481 e. The van der Waals surface area contributed by atoms with Crippen molar-refractivity contribution in [2.75, 3.05) is 6.54 Å². The lowest BCUT2D eigenvalue weighted by atomic mass is 9.94. The van der Waals surface area contributed by atoms with E-state index in [1.807, 2.05) is 61.5 Å². The summed E-state index contributed by atoms with van der Waals surface area (Å²) in [6.45, 7) is 2.04. The normalized spacial score (nSPS) is 11.9. The van der Waals surface area contributed by atoms with Crippen LogP contribution in [0.5, 0.6) is 0 Å². The molecule has 0 aliphatic rings. The second kappa shape index (κ2) is 10.4. The highest BCUT2D eigenvalue weighted by atomic mass is 79.9. The number of nitrogens with zero attached hydrogens (tertiary/aromatic N) is 1. The molecule has 5 nitrogen and oxygen atoms in total. The molecule has 0 aliphatic heterocycles. The highest BCUT2D eigenvalue weighted by Gasteiger charge is 2.22. The molecule has 7 heteroatoms. The van der Waals surface area contributed by atoms with Gasteiger partial charge in [-0.25, -0.2) is 4.98 Å². The molecular formula is C27H22BrClN2O3. The van der Waals surface area contributed by atoms with Crippen LogP contribution in [0.3, 0.4) is 0 Å². The number of pyridine rings is 1. The molecule has 0 saturated carbocycles. The van der Waals surface area contributed by atoms with E-state index in [2.05, 4.69) is 21.2 Å². The Morgan fingerprint density at radius 1 is 1.06 bits per heavy atom. The molecule has 1 amide bonds. The molecule has 2 N–H and O–H groups in total. The average molecular weight is 538 g/mol. The maximum atomic E-state index is 13.5. The number of hydrogen-bond donors (Lipinski definition) is 2. The van der Waals surface area contributed by atoms with Gasteiger partial charge < -0.3 is 10.4 Å². The molecule has 1 unspecified atom stereocenters. The van der Waals surface area contributed by atoms with Crippen LogP contribution < -0.4 is 5.32 Å². The molecule has 0 fully saturated rings. The van der Waals surface area contributed by atoms with Crippen LogP contribution in [-0.4, -0.2) is 28.5 Å². The first-order valence-electron chi connectivity index (χ1n) is 10.7. The highest BCUT2D eigenvalue weighted by molar-refractivity contribution is 9.10. The van der Waals surface area contributed by atoms with E-state index < -0.39 is 11.9 Å². The van der Waals surface area contributed by atoms with Gasteiger partial charge in [0, 0.05) is 32.9 Å². The monoisotopic (exact) mass is 536 g/mol. The number of carbonyl (C=O) groups is 2. The van der Waals surface area contributed by atoms with E-state index in [4.69, 9.17) is 16.6 Å². The van der Waals surface area contributed by atoms with Gasteiger partial charge in [0.15, 0.2) is 0 Å². The first-order chi connectivity index (χ1) is 16.3. The summed E-state index contributed by atoms with van der Waals surface area (Å²) in [6.07, 6.45) is -0.127. The lowest BCUT2D eigenvalue weighted by Gasteiger charge is -2.19. The maximum Gasteiger partial charge on any atom is 0.304 e. The van der Waals surface area contributed by atoms with Gasteiger partial charge in [-0.05, 0) is 48.4 Å². The summed E-state index contributed by atoms with van der Waals surface area (Å²) in [6, 6.07) is 22.4. The van der Waals surface area contributed by atoms with Gasteiger partial charge >= 0.3 is 5.97 Å². The van der Waals surface area contributed by atoms with Gasteiger partial charge in [-0.2, -0.15) is 0 Å². The predicted octanol–water partition coefficient (Wildman–Crippen LogP) is 6.61. The standard InChI is InChI=1S/C27H22BrClN2O3/c1-16-25(27(34)30-15-19(13-24(32)33)18-8-5-9-21(29)12-18)22-14-20(28)10-11-23(22)31-26(16)17-6-3-2-4-7-17/h2-12,14,19H,13,15H2,1H3,(H,30,34)(H,32,33). The van der Waals surface area contributed by atoms with Gasteiger partial charge in [-0.15, -0.1) is 0 Å². The molecule has 0 spiro atoms. The summed E-state index contributed by atoms with van der Waals surface area (Å²) in [5, 5.41) is 13.6. The molecule has 0 aliphatic carbocycles. The number of aromatic nitrogens is 1. The minimum atomic E-state index is -0.944. The van der Waals surface area contributed by atoms with Crippen LogP contribution in [0.2, 0.25) is 5.02 Å². The van der Waals surface area contributed by atoms with Crippen LogP contribution in [0.15, 0.2) is 77.3 Å². The Balaban J connectivity index is 1.73. The van der Waals surface area contributed by atoms with Gasteiger partial charge in [0.05, 0.1) is 23.2 Å². The summed E-state index contributed by atoms with van der Waals surface area (Å²) < 4.78 is 0.838. The van der Waals surface area contributed by atoms with Crippen molar-refractivity contribution in [2.24, 2.45) is 0 Å². The van der Waals surface area contributed by atoms with E-state index in [0.717, 1.165) is 32.2 Å². The fourth-order valence-corrected chi connectivity index (χ4v) is 4.64. The first-order valence-corrected chi connectivity index (χ1v) is 11.9. The quantitative estimate of drug-likeness (QED) is 0.278. The zero-order valence-electron chi connectivity index (χ0n) is 18.4. The van der Waals surface area contributed by atoms with Crippen LogP contribution in [0.4, 0.5) is 0 Å². The second-order valence-electron chi connectivity index (χ2n) is 8.05. The number of carbonyl (C=O) groups excluding carboxylic acids is 1. The summed E-state index contributed by atoms with van der Waals surface area (Å²) in [4.78, 5) is 29.9. The Bertz CT molecular complexity index is 1380. The Morgan fingerprint density at radius 2 is 1.82 bits per heavy atom. The van der Waals surface area contributed by atoms with E-state index in [1.54, 1.807) is 18.2 Å². The van der Waals surface area contributed by atoms with Crippen LogP contribution >= 0.6 is 27.5 Å². The number of rotatable bonds is 7. The molecule has 1 heterocycles. The van der Waals surface area contributed by atoms with Crippen molar-refractivity contribution in [1.29, 1.82) is 0 Å². The fraction of sp³-hybridized carbons (Fsp3) is 0.148. The van der Waals surface area contributed by atoms with E-state index in [9.17, 15) is 14.7 Å². The molecule has 34 heavy (non-hydrogen) atoms. The molecule has 3 aromatic carbocycles. The van der Waals surface area contributed by atoms with Crippen molar-refractivity contribution >= 4 is 50.3 Å². The maximum absolute atomic E-state index is 13.5. The lowest BCUT2D eigenvalue weighted by molar-refractivity contribution is -0.137. The van der Waals surface area contributed by atoms with Gasteiger partial charge in [-0.1, -0.05) is 70.0 Å². The predicted molar refractivity (Wildman–Crippen MR) is 138 cm³/mol. The Labute approximate surface area is 210 Å². The van der Waals surface area contributed by atoms with Crippen molar-refractivity contribution in [2.45, 2.75) is 19.3 Å². The molecule has 4 aromatic rings. The molecule has 0 saturated heterocycles. The average Bonchev–Trinajstić information content (AvgIpc) is 2.81. The van der Waals surface area contributed by atoms with Crippen LogP contribution in [0.1, 0.15) is 33.8 Å². The fourth-order valence-electron chi connectivity index (χ4n) is 4.08. The highest BCUT2D eigenvalue weighted by Crippen LogP contribution is 2.31. The zero-order valence-corrected chi connectivity index (χ0v) is 20.7. The number of amides is 1. The molecule has 172 valence electrons. The smallest absolute Gasteiger partial charge is 0.304 e. The number of halogens is 2. The van der Waals surface area contributed by atoms with Crippen molar-refractivity contribution in [3.63, 3.8) is 0 Å². The Morgan fingerprint density at radius 3 is 2.53 bits per heavy atom. The zero-order chi connectivity index (χ0) is 24.2. The van der Waals surface area contributed by atoms with E-state index in [1.165, 1.54) is 0 Å². The molecule has 1 aromatic heterocycles. The number of carboxylic acid groups (broad SMARTS) is 1. The lowest BCUT2D eigenvalue weighted by Crippen LogP contribution is -2.30. The summed E-state index contributed by atoms with van der Waals surface area (Å²) in [5.41, 5.74) is 4.39. The molecular weight excluding hydrogens is 516 g/mol. The third-order valence-corrected chi connectivity index (χ3v) is 6.44. The Hall–Kier alpha value is -3.22. The van der Waals surface area contributed by atoms with Gasteiger partial charge in [0.2, 0.25) is 0 Å². The van der Waals surface area contributed by atoms with E-state index in [-0.39, 0.29) is 18.9 Å². The van der Waals surface area contributed by atoms with Crippen molar-refractivity contribution in [1.82, 2.24) is 10.3 Å². The molecule has 0 radical (unpaired) electrons. The number of hydrogen-bond acceptors (Lipinski definition) is 3. The van der Waals surface area contributed by atoms with Crippen molar-refractivity contribution < 1.29 is 14.7 Å². The summed E-state index contributed by atoms with van der Waals surface area (Å²) >= 11 is 9.61. The van der Waals surface area contributed by atoms with Crippen molar-refractivity contribution in [3.05, 3.63) is 99.0 Å². The number of benzene rings is 3. The van der Waals surface area contributed by atoms with Crippen LogP contribution in [0.25, 0.3) is 22.2 Å². The van der Waals surface area contributed by atoms with Crippen LogP contribution in [-0.2, 0) is 4.79 Å². The summed E-state index contributed by atoms with van der Waals surface area (Å²) in [7, 11) is 0. The van der Waals surface area contributed by atoms with Gasteiger partial charge in [-0.3, -0.25) is 9.59 Å². The Kier molecular flexibility index (Phi) is 7.29. The number of nitrogens with one attached hydrogen (secondary N) is 1. The van der Waals surface area contributed by atoms with Gasteiger partial charge in [0.25, 0.3) is 5.91 Å². The third kappa shape index (κ3) is 5.29. The van der Waals surface area contributed by atoms with Gasteiger partial charge in [0.1, 0.15) is 0 Å². The summed E-state index contributed by atoms with van der Waals surface area (Å²) in [5.74, 6) is -1.65. The van der Waals surface area contributed by atoms with Crippen molar-refractivity contribution in [3.8, 4) is 11.3 Å². The molecule has 4 rings (SSSR count). The van der Waals surface area contributed by atoms with E-state index >= 15 is 0 Å². The topological polar surface area (TPSA) is 79.3 Å². The number of aliphatic carboxylic acids is 1.